The van der Waals surface area contributed by atoms with E-state index < -0.39 is 15.8 Å². The summed E-state index contributed by atoms with van der Waals surface area (Å²) in [5.74, 6) is -0.0634. The van der Waals surface area contributed by atoms with E-state index in [0.717, 1.165) is 5.56 Å². The predicted molar refractivity (Wildman–Crippen MR) is 106 cm³/mol. The molecular weight excluding hydrogens is 360 g/mol. The molecule has 1 amide bonds. The van der Waals surface area contributed by atoms with E-state index >= 15 is 0 Å². The van der Waals surface area contributed by atoms with Crippen LogP contribution in [-0.2, 0) is 14.6 Å². The molecule has 2 aromatic rings. The van der Waals surface area contributed by atoms with Gasteiger partial charge >= 0.3 is 0 Å². The molecule has 0 N–H and O–H groups in total. The van der Waals surface area contributed by atoms with E-state index in [1.54, 1.807) is 18.1 Å². The lowest BCUT2D eigenvalue weighted by molar-refractivity contribution is -0.132. The van der Waals surface area contributed by atoms with Crippen LogP contribution in [-0.4, -0.2) is 48.8 Å². The van der Waals surface area contributed by atoms with Crippen molar-refractivity contribution < 1.29 is 13.2 Å². The largest absolute Gasteiger partial charge is 0.341 e. The molecule has 0 radical (unpaired) electrons. The number of hydrogen-bond donors (Lipinski definition) is 0. The molecule has 0 bridgehead atoms. The number of nitrogens with zero attached hydrogens (tertiary/aromatic N) is 2. The third-order valence-corrected chi connectivity index (χ3v) is 7.02. The zero-order valence-corrected chi connectivity index (χ0v) is 16.8. The standard InChI is InChI=1S/C21H26N2O3S/c1-15(2)16-7-9-17(10-8-16)20(19-6-4-5-12-22-19)21(24)23(3)18-11-13-27(25,26)14-18/h4-10,12,15,18,20H,11,13-14H2,1-3H3. The average Bonchev–Trinajstić information content (AvgIpc) is 3.02. The molecule has 2 atom stereocenters. The van der Waals surface area contributed by atoms with Crippen LogP contribution in [0.5, 0.6) is 0 Å². The van der Waals surface area contributed by atoms with Gasteiger partial charge in [0.15, 0.2) is 9.84 Å². The zero-order valence-electron chi connectivity index (χ0n) is 16.0. The first-order valence-corrected chi connectivity index (χ1v) is 11.1. The van der Waals surface area contributed by atoms with Gasteiger partial charge in [0.2, 0.25) is 5.91 Å². The van der Waals surface area contributed by atoms with Crippen LogP contribution in [0.25, 0.3) is 0 Å². The zero-order chi connectivity index (χ0) is 19.6. The van der Waals surface area contributed by atoms with Gasteiger partial charge in [0.1, 0.15) is 5.92 Å². The van der Waals surface area contributed by atoms with E-state index in [1.807, 2.05) is 42.5 Å². The summed E-state index contributed by atoms with van der Waals surface area (Å²) < 4.78 is 23.7. The maximum absolute atomic E-state index is 13.4. The van der Waals surface area contributed by atoms with Crippen molar-refractivity contribution in [3.05, 3.63) is 65.5 Å². The summed E-state index contributed by atoms with van der Waals surface area (Å²) in [6.07, 6.45) is 2.17. The molecular formula is C21H26N2O3S. The summed E-state index contributed by atoms with van der Waals surface area (Å²) in [7, 11) is -1.35. The second-order valence-electron chi connectivity index (χ2n) is 7.51. The first kappa shape index (κ1) is 19.5. The molecule has 27 heavy (non-hydrogen) atoms. The lowest BCUT2D eigenvalue weighted by Gasteiger charge is -2.28. The van der Waals surface area contributed by atoms with Crippen molar-refractivity contribution in [2.24, 2.45) is 0 Å². The molecule has 0 aliphatic carbocycles. The van der Waals surface area contributed by atoms with Gasteiger partial charge in [-0.1, -0.05) is 44.2 Å². The van der Waals surface area contributed by atoms with E-state index in [0.29, 0.717) is 18.0 Å². The average molecular weight is 387 g/mol. The third-order valence-electron chi connectivity index (χ3n) is 5.27. The van der Waals surface area contributed by atoms with E-state index in [9.17, 15) is 13.2 Å². The number of pyridine rings is 1. The SMILES string of the molecule is CC(C)c1ccc(C(C(=O)N(C)C2CCS(=O)(=O)C2)c2ccccn2)cc1. The second kappa shape index (κ2) is 7.80. The fraction of sp³-hybridized carbons (Fsp3) is 0.429. The minimum absolute atomic E-state index is 0.0382. The fourth-order valence-corrected chi connectivity index (χ4v) is 5.30. The number of amides is 1. The molecule has 1 aromatic carbocycles. The molecule has 5 nitrogen and oxygen atoms in total. The van der Waals surface area contributed by atoms with Gasteiger partial charge in [-0.25, -0.2) is 8.42 Å². The van der Waals surface area contributed by atoms with Crippen molar-refractivity contribution in [2.75, 3.05) is 18.6 Å². The highest BCUT2D eigenvalue weighted by Crippen LogP contribution is 2.29. The van der Waals surface area contributed by atoms with Gasteiger partial charge in [0, 0.05) is 19.3 Å². The second-order valence-corrected chi connectivity index (χ2v) is 9.74. The predicted octanol–water partition coefficient (Wildman–Crippen LogP) is 2.98. The van der Waals surface area contributed by atoms with Crippen LogP contribution in [0.2, 0.25) is 0 Å². The number of carbonyl (C=O) groups is 1. The maximum Gasteiger partial charge on any atom is 0.236 e. The Hall–Kier alpha value is -2.21. The van der Waals surface area contributed by atoms with Gasteiger partial charge in [0.05, 0.1) is 17.2 Å². The normalized spacial score (nSPS) is 19.8. The molecule has 1 saturated heterocycles. The van der Waals surface area contributed by atoms with Crippen LogP contribution in [0.4, 0.5) is 0 Å². The number of aromatic nitrogens is 1. The molecule has 1 aliphatic rings. The molecule has 1 aliphatic heterocycles. The van der Waals surface area contributed by atoms with Crippen LogP contribution in [0.15, 0.2) is 48.7 Å². The number of sulfone groups is 1. The highest BCUT2D eigenvalue weighted by molar-refractivity contribution is 7.91. The highest BCUT2D eigenvalue weighted by atomic mass is 32.2. The molecule has 0 spiro atoms. The molecule has 3 rings (SSSR count). The van der Waals surface area contributed by atoms with Crippen LogP contribution >= 0.6 is 0 Å². The Bertz CT molecular complexity index is 893. The van der Waals surface area contributed by atoms with E-state index in [1.165, 1.54) is 5.56 Å². The Balaban J connectivity index is 1.94. The quantitative estimate of drug-likeness (QED) is 0.792. The van der Waals surface area contributed by atoms with Crippen molar-refractivity contribution in [3.63, 3.8) is 0 Å². The van der Waals surface area contributed by atoms with Gasteiger partial charge in [-0.15, -0.1) is 0 Å². The van der Waals surface area contributed by atoms with Gasteiger partial charge in [-0.3, -0.25) is 9.78 Å². The Morgan fingerprint density at radius 1 is 1.11 bits per heavy atom. The van der Waals surface area contributed by atoms with Gasteiger partial charge in [-0.2, -0.15) is 0 Å². The minimum Gasteiger partial charge on any atom is -0.341 e. The highest BCUT2D eigenvalue weighted by Gasteiger charge is 2.36. The van der Waals surface area contributed by atoms with Gasteiger partial charge < -0.3 is 4.90 Å². The summed E-state index contributed by atoms with van der Waals surface area (Å²) in [6.45, 7) is 4.26. The van der Waals surface area contributed by atoms with Gasteiger partial charge in [-0.05, 0) is 35.6 Å². The van der Waals surface area contributed by atoms with Crippen molar-refractivity contribution in [3.8, 4) is 0 Å². The van der Waals surface area contributed by atoms with Crippen molar-refractivity contribution in [1.29, 1.82) is 0 Å². The van der Waals surface area contributed by atoms with Crippen LogP contribution in [0.3, 0.4) is 0 Å². The van der Waals surface area contributed by atoms with Crippen molar-refractivity contribution >= 4 is 15.7 Å². The molecule has 1 aromatic heterocycles. The molecule has 2 unspecified atom stereocenters. The topological polar surface area (TPSA) is 67.3 Å². The smallest absolute Gasteiger partial charge is 0.236 e. The van der Waals surface area contributed by atoms with Gasteiger partial charge in [0.25, 0.3) is 0 Å². The van der Waals surface area contributed by atoms with Crippen molar-refractivity contribution in [2.45, 2.75) is 38.1 Å². The Morgan fingerprint density at radius 2 is 1.78 bits per heavy atom. The summed E-state index contributed by atoms with van der Waals surface area (Å²) in [5, 5.41) is 0. The summed E-state index contributed by atoms with van der Waals surface area (Å²) in [6, 6.07) is 13.3. The summed E-state index contributed by atoms with van der Waals surface area (Å²) in [4.78, 5) is 19.4. The van der Waals surface area contributed by atoms with Crippen molar-refractivity contribution in [1.82, 2.24) is 9.88 Å². The van der Waals surface area contributed by atoms with E-state index in [-0.39, 0.29) is 23.5 Å². The third kappa shape index (κ3) is 4.38. The molecule has 0 saturated carbocycles. The molecule has 6 heteroatoms. The molecule has 2 heterocycles. The first-order chi connectivity index (χ1) is 12.8. The number of rotatable bonds is 5. The van der Waals surface area contributed by atoms with Crippen LogP contribution < -0.4 is 0 Å². The molecule has 144 valence electrons. The van der Waals surface area contributed by atoms with E-state index in [2.05, 4.69) is 18.8 Å². The van der Waals surface area contributed by atoms with Crippen LogP contribution in [0.1, 0.15) is 48.9 Å². The Kier molecular flexibility index (Phi) is 5.65. The van der Waals surface area contributed by atoms with E-state index in [4.69, 9.17) is 0 Å². The summed E-state index contributed by atoms with van der Waals surface area (Å²) in [5.41, 5.74) is 2.75. The monoisotopic (exact) mass is 386 g/mol. The number of carbonyl (C=O) groups excluding carboxylic acids is 1. The first-order valence-electron chi connectivity index (χ1n) is 9.26. The molecule has 1 fully saturated rings. The Morgan fingerprint density at radius 3 is 2.30 bits per heavy atom. The summed E-state index contributed by atoms with van der Waals surface area (Å²) >= 11 is 0. The van der Waals surface area contributed by atoms with Crippen LogP contribution in [0, 0.1) is 0 Å². The minimum atomic E-state index is -3.05. The fourth-order valence-electron chi connectivity index (χ4n) is 3.52. The Labute approximate surface area is 161 Å². The number of likely N-dealkylation sites (N-methyl/N-ethyl adjacent to an activating group) is 1. The number of benzene rings is 1. The lowest BCUT2D eigenvalue weighted by Crippen LogP contribution is -2.41. The lowest BCUT2D eigenvalue weighted by atomic mass is 9.91. The maximum atomic E-state index is 13.4. The number of hydrogen-bond acceptors (Lipinski definition) is 4.